The summed E-state index contributed by atoms with van der Waals surface area (Å²) >= 11 is 0. The van der Waals surface area contributed by atoms with Crippen LogP contribution in [-0.4, -0.2) is 34.8 Å². The van der Waals surface area contributed by atoms with Crippen LogP contribution >= 0.6 is 0 Å². The number of primary amides is 1. The van der Waals surface area contributed by atoms with Crippen molar-refractivity contribution in [2.45, 2.75) is 18.4 Å². The molecule has 2 rings (SSSR count). The minimum atomic E-state index is -1.81. The molecule has 6 nitrogen and oxygen atoms in total. The van der Waals surface area contributed by atoms with E-state index in [1.807, 2.05) is 12.1 Å². The van der Waals surface area contributed by atoms with Crippen LogP contribution in [0.2, 0.25) is 0 Å². The molecular formula is C19H20N2O4. The van der Waals surface area contributed by atoms with E-state index in [9.17, 15) is 14.4 Å². The largest absolute Gasteiger partial charge is 0.480 e. The van der Waals surface area contributed by atoms with E-state index < -0.39 is 35.7 Å². The first-order chi connectivity index (χ1) is 11.9. The van der Waals surface area contributed by atoms with Gasteiger partial charge in [0.15, 0.2) is 11.3 Å². The molecule has 0 aliphatic heterocycles. The highest BCUT2D eigenvalue weighted by Crippen LogP contribution is 2.29. The third-order valence-electron chi connectivity index (χ3n) is 4.11. The van der Waals surface area contributed by atoms with Gasteiger partial charge in [0.2, 0.25) is 5.91 Å². The van der Waals surface area contributed by atoms with Gasteiger partial charge in [-0.15, -0.1) is 0 Å². The van der Waals surface area contributed by atoms with E-state index in [4.69, 9.17) is 10.8 Å². The normalized spacial score (nSPS) is 13.2. The van der Waals surface area contributed by atoms with Gasteiger partial charge in [0, 0.05) is 0 Å². The Morgan fingerprint density at radius 3 is 1.80 bits per heavy atom. The van der Waals surface area contributed by atoms with Crippen molar-refractivity contribution >= 4 is 17.7 Å². The number of nitrogens with one attached hydrogen (secondary N) is 1. The van der Waals surface area contributed by atoms with E-state index in [1.165, 1.54) is 6.92 Å². The van der Waals surface area contributed by atoms with Gasteiger partial charge in [-0.25, -0.2) is 0 Å². The maximum atomic E-state index is 13.3. The van der Waals surface area contributed by atoms with Crippen LogP contribution in [0.5, 0.6) is 0 Å². The molecule has 1 amide bonds. The number of Topliss-reactive ketones (excluding diaryl/α,β-unsaturated/α-hetero) is 1. The Balaban J connectivity index is 2.50. The fraction of sp³-hybridized carbons (Fsp3) is 0.211. The molecule has 4 N–H and O–H groups in total. The fourth-order valence-electron chi connectivity index (χ4n) is 2.62. The highest BCUT2D eigenvalue weighted by Gasteiger charge is 2.44. The summed E-state index contributed by atoms with van der Waals surface area (Å²) in [6.07, 6.45) is 0. The molecule has 0 aromatic heterocycles. The van der Waals surface area contributed by atoms with Crippen LogP contribution in [0.25, 0.3) is 0 Å². The molecule has 0 bridgehead atoms. The molecule has 1 atom stereocenters. The molecule has 130 valence electrons. The molecule has 25 heavy (non-hydrogen) atoms. The lowest BCUT2D eigenvalue weighted by Gasteiger charge is -2.30. The molecule has 2 aromatic rings. The van der Waals surface area contributed by atoms with E-state index in [2.05, 4.69) is 5.32 Å². The Bertz CT molecular complexity index is 722. The predicted octanol–water partition coefficient (Wildman–Crippen LogP) is 1.31. The Morgan fingerprint density at radius 1 is 1.00 bits per heavy atom. The molecule has 0 saturated heterocycles. The molecule has 0 unspecified atom stereocenters. The molecule has 0 heterocycles. The zero-order valence-electron chi connectivity index (χ0n) is 13.8. The summed E-state index contributed by atoms with van der Waals surface area (Å²) in [4.78, 5) is 36.1. The fourth-order valence-corrected chi connectivity index (χ4v) is 2.62. The standard InChI is InChI=1S/C19H20N2O4/c1-19(18(20)25,21-12-15(22)23)17(24)16(13-8-4-2-5-9-13)14-10-6-3-7-11-14/h2-11,16,21H,12H2,1H3,(H2,20,25)(H,22,23)/t19-/m1/s1. The number of carbonyl (C=O) groups is 3. The third kappa shape index (κ3) is 4.10. The van der Waals surface area contributed by atoms with Gasteiger partial charge in [-0.3, -0.25) is 19.7 Å². The van der Waals surface area contributed by atoms with Gasteiger partial charge in [-0.1, -0.05) is 60.7 Å². The quantitative estimate of drug-likeness (QED) is 0.628. The highest BCUT2D eigenvalue weighted by atomic mass is 16.4. The number of carboxylic acids is 1. The molecule has 2 aromatic carbocycles. The molecule has 0 saturated carbocycles. The Kier molecular flexibility index (Phi) is 5.67. The summed E-state index contributed by atoms with van der Waals surface area (Å²) in [6, 6.07) is 18.0. The second-order valence-corrected chi connectivity index (χ2v) is 5.86. The number of ketones is 1. The van der Waals surface area contributed by atoms with Gasteiger partial charge < -0.3 is 10.8 Å². The summed E-state index contributed by atoms with van der Waals surface area (Å²) in [5.74, 6) is -3.35. The number of aliphatic carboxylic acids is 1. The van der Waals surface area contributed by atoms with E-state index in [-0.39, 0.29) is 0 Å². The number of hydrogen-bond acceptors (Lipinski definition) is 4. The number of rotatable bonds is 8. The summed E-state index contributed by atoms with van der Waals surface area (Å²) in [5.41, 5.74) is 5.02. The van der Waals surface area contributed by atoms with Gasteiger partial charge >= 0.3 is 5.97 Å². The average molecular weight is 340 g/mol. The number of amides is 1. The second-order valence-electron chi connectivity index (χ2n) is 5.86. The van der Waals surface area contributed by atoms with Crippen molar-refractivity contribution < 1.29 is 19.5 Å². The van der Waals surface area contributed by atoms with E-state index in [0.29, 0.717) is 11.1 Å². The van der Waals surface area contributed by atoms with Crippen LogP contribution in [0.1, 0.15) is 24.0 Å². The van der Waals surface area contributed by atoms with Crippen LogP contribution < -0.4 is 11.1 Å². The van der Waals surface area contributed by atoms with Gasteiger partial charge in [0.25, 0.3) is 0 Å². The molecule has 0 fully saturated rings. The minimum Gasteiger partial charge on any atom is -0.480 e. The monoisotopic (exact) mass is 340 g/mol. The number of carbonyl (C=O) groups excluding carboxylic acids is 2. The first-order valence-corrected chi connectivity index (χ1v) is 7.77. The van der Waals surface area contributed by atoms with Crippen molar-refractivity contribution in [1.29, 1.82) is 0 Å². The lowest BCUT2D eigenvalue weighted by molar-refractivity contribution is -0.138. The SMILES string of the molecule is C[C@](NCC(=O)O)(C(N)=O)C(=O)C(c1ccccc1)c1ccccc1. The lowest BCUT2D eigenvalue weighted by atomic mass is 9.79. The van der Waals surface area contributed by atoms with Crippen LogP contribution in [-0.2, 0) is 14.4 Å². The lowest BCUT2D eigenvalue weighted by Crippen LogP contribution is -2.61. The van der Waals surface area contributed by atoms with Crippen molar-refractivity contribution in [3.8, 4) is 0 Å². The summed E-state index contributed by atoms with van der Waals surface area (Å²) < 4.78 is 0. The predicted molar refractivity (Wildman–Crippen MR) is 93.0 cm³/mol. The molecule has 0 spiro atoms. The van der Waals surface area contributed by atoms with E-state index in [1.54, 1.807) is 48.5 Å². The Morgan fingerprint density at radius 2 is 1.44 bits per heavy atom. The van der Waals surface area contributed by atoms with Crippen molar-refractivity contribution in [2.75, 3.05) is 6.54 Å². The number of benzene rings is 2. The zero-order valence-corrected chi connectivity index (χ0v) is 13.8. The van der Waals surface area contributed by atoms with Crippen LogP contribution in [0.3, 0.4) is 0 Å². The van der Waals surface area contributed by atoms with Gasteiger partial charge in [0.1, 0.15) is 0 Å². The first-order valence-electron chi connectivity index (χ1n) is 7.77. The van der Waals surface area contributed by atoms with E-state index in [0.717, 1.165) is 0 Å². The first kappa shape index (κ1) is 18.4. The van der Waals surface area contributed by atoms with Crippen molar-refractivity contribution in [2.24, 2.45) is 5.73 Å². The number of nitrogens with two attached hydrogens (primary N) is 1. The van der Waals surface area contributed by atoms with Crippen molar-refractivity contribution in [3.05, 3.63) is 71.8 Å². The zero-order chi connectivity index (χ0) is 18.4. The topological polar surface area (TPSA) is 109 Å². The van der Waals surface area contributed by atoms with Crippen molar-refractivity contribution in [3.63, 3.8) is 0 Å². The smallest absolute Gasteiger partial charge is 0.317 e. The minimum absolute atomic E-state index is 0.501. The van der Waals surface area contributed by atoms with E-state index >= 15 is 0 Å². The maximum Gasteiger partial charge on any atom is 0.317 e. The highest BCUT2D eigenvalue weighted by molar-refractivity contribution is 6.13. The van der Waals surface area contributed by atoms with Crippen molar-refractivity contribution in [1.82, 2.24) is 5.32 Å². The number of carboxylic acid groups (broad SMARTS) is 1. The van der Waals surface area contributed by atoms with Gasteiger partial charge in [-0.2, -0.15) is 0 Å². The maximum absolute atomic E-state index is 13.3. The second kappa shape index (κ2) is 7.72. The molecule has 0 aliphatic rings. The molecular weight excluding hydrogens is 320 g/mol. The van der Waals surface area contributed by atoms with Crippen LogP contribution in [0.4, 0.5) is 0 Å². The molecule has 0 radical (unpaired) electrons. The third-order valence-corrected chi connectivity index (χ3v) is 4.11. The number of hydrogen-bond donors (Lipinski definition) is 3. The summed E-state index contributed by atoms with van der Waals surface area (Å²) in [5, 5.41) is 11.4. The van der Waals surface area contributed by atoms with Crippen LogP contribution in [0, 0.1) is 0 Å². The Hall–Kier alpha value is -2.99. The van der Waals surface area contributed by atoms with Gasteiger partial charge in [-0.05, 0) is 18.1 Å². The summed E-state index contributed by atoms with van der Waals surface area (Å²) in [7, 11) is 0. The average Bonchev–Trinajstić information content (AvgIpc) is 2.61. The molecule has 0 aliphatic carbocycles. The Labute approximate surface area is 145 Å². The van der Waals surface area contributed by atoms with Crippen LogP contribution in [0.15, 0.2) is 60.7 Å². The molecule has 6 heteroatoms. The van der Waals surface area contributed by atoms with Gasteiger partial charge in [0.05, 0.1) is 12.5 Å². The summed E-state index contributed by atoms with van der Waals surface area (Å²) in [6.45, 7) is 0.765.